The van der Waals surface area contributed by atoms with E-state index in [9.17, 15) is 12.8 Å². The average molecular weight is 343 g/mol. The zero-order valence-electron chi connectivity index (χ0n) is 11.0. The van der Waals surface area contributed by atoms with Crippen LogP contribution in [0.3, 0.4) is 0 Å². The Labute approximate surface area is 129 Å². The van der Waals surface area contributed by atoms with Crippen molar-refractivity contribution in [3.63, 3.8) is 0 Å². The van der Waals surface area contributed by atoms with Crippen LogP contribution < -0.4 is 5.32 Å². The number of benzene rings is 1. The number of nitrogens with zero attached hydrogens (tertiary/aromatic N) is 1. The van der Waals surface area contributed by atoms with E-state index >= 15 is 0 Å². The van der Waals surface area contributed by atoms with Gasteiger partial charge in [-0.3, -0.25) is 0 Å². The minimum atomic E-state index is -3.39. The molecule has 1 saturated heterocycles. The number of hydrogen-bond acceptors (Lipinski definition) is 3. The highest BCUT2D eigenvalue weighted by atomic mass is 35.5. The third kappa shape index (κ3) is 4.30. The fourth-order valence-electron chi connectivity index (χ4n) is 2.08. The molecule has 0 amide bonds. The summed E-state index contributed by atoms with van der Waals surface area (Å²) in [5.41, 5.74) is 0.498. The quantitative estimate of drug-likeness (QED) is 0.914. The Hall–Kier alpha value is -0.400. The largest absolute Gasteiger partial charge is 0.312 e. The van der Waals surface area contributed by atoms with Gasteiger partial charge in [0, 0.05) is 25.7 Å². The van der Waals surface area contributed by atoms with Crippen LogP contribution in [0.2, 0.25) is 5.02 Å². The first-order valence-corrected chi connectivity index (χ1v) is 8.02. The van der Waals surface area contributed by atoms with Gasteiger partial charge >= 0.3 is 0 Å². The van der Waals surface area contributed by atoms with Crippen molar-refractivity contribution < 1.29 is 12.8 Å². The van der Waals surface area contributed by atoms with Crippen LogP contribution in [0.5, 0.6) is 0 Å². The second-order valence-electron chi connectivity index (χ2n) is 4.72. The van der Waals surface area contributed by atoms with Crippen LogP contribution in [0.4, 0.5) is 4.39 Å². The van der Waals surface area contributed by atoms with Gasteiger partial charge < -0.3 is 5.32 Å². The van der Waals surface area contributed by atoms with Crippen molar-refractivity contribution in [3.8, 4) is 0 Å². The van der Waals surface area contributed by atoms with Crippen molar-refractivity contribution in [3.05, 3.63) is 34.6 Å². The van der Waals surface area contributed by atoms with Gasteiger partial charge in [0.25, 0.3) is 0 Å². The number of rotatable bonds is 3. The maximum absolute atomic E-state index is 13.0. The Balaban J connectivity index is 0.00000200. The maximum atomic E-state index is 13.0. The molecule has 1 atom stereocenters. The Morgan fingerprint density at radius 2 is 2.20 bits per heavy atom. The highest BCUT2D eigenvalue weighted by molar-refractivity contribution is 7.88. The molecule has 1 aliphatic heterocycles. The van der Waals surface area contributed by atoms with Crippen LogP contribution in [0.1, 0.15) is 12.5 Å². The Bertz CT molecular complexity index is 569. The molecule has 1 heterocycles. The van der Waals surface area contributed by atoms with E-state index in [1.807, 2.05) is 6.92 Å². The molecule has 0 saturated carbocycles. The minimum Gasteiger partial charge on any atom is -0.312 e. The first kappa shape index (κ1) is 17.7. The van der Waals surface area contributed by atoms with E-state index in [1.54, 1.807) is 0 Å². The average Bonchev–Trinajstić information content (AvgIpc) is 2.33. The van der Waals surface area contributed by atoms with Crippen LogP contribution >= 0.6 is 24.0 Å². The molecule has 1 aromatic carbocycles. The fourth-order valence-corrected chi connectivity index (χ4v) is 3.89. The molecule has 1 aliphatic rings. The Morgan fingerprint density at radius 3 is 2.80 bits per heavy atom. The van der Waals surface area contributed by atoms with E-state index in [1.165, 1.54) is 22.5 Å². The summed E-state index contributed by atoms with van der Waals surface area (Å²) in [5, 5.41) is 3.13. The van der Waals surface area contributed by atoms with Gasteiger partial charge in [0.05, 0.1) is 10.8 Å². The third-order valence-corrected chi connectivity index (χ3v) is 5.16. The van der Waals surface area contributed by atoms with Gasteiger partial charge in [0.15, 0.2) is 0 Å². The van der Waals surface area contributed by atoms with Gasteiger partial charge in [0.2, 0.25) is 10.0 Å². The molecule has 1 N–H and O–H groups in total. The number of nitrogens with one attached hydrogen (secondary N) is 1. The highest BCUT2D eigenvalue weighted by Gasteiger charge is 2.27. The molecular formula is C12H17Cl2FN2O2S. The van der Waals surface area contributed by atoms with Gasteiger partial charge in [-0.1, -0.05) is 17.7 Å². The van der Waals surface area contributed by atoms with Crippen LogP contribution in [0.15, 0.2) is 18.2 Å². The molecule has 0 unspecified atom stereocenters. The number of piperazine rings is 1. The second-order valence-corrected chi connectivity index (χ2v) is 7.09. The second kappa shape index (κ2) is 7.04. The summed E-state index contributed by atoms with van der Waals surface area (Å²) in [5.74, 6) is -0.696. The summed E-state index contributed by atoms with van der Waals surface area (Å²) in [6, 6.07) is 4.14. The SMILES string of the molecule is C[C@@H]1CN(S(=O)(=O)Cc2ccc(F)c(Cl)c2)CCN1.Cl. The molecular weight excluding hydrogens is 326 g/mol. The van der Waals surface area contributed by atoms with E-state index < -0.39 is 15.8 Å². The summed E-state index contributed by atoms with van der Waals surface area (Å²) >= 11 is 5.66. The lowest BCUT2D eigenvalue weighted by Crippen LogP contribution is -2.51. The van der Waals surface area contributed by atoms with Crippen LogP contribution in [-0.2, 0) is 15.8 Å². The van der Waals surface area contributed by atoms with Gasteiger partial charge in [-0.25, -0.2) is 12.8 Å². The predicted molar refractivity (Wildman–Crippen MR) is 80.3 cm³/mol. The topological polar surface area (TPSA) is 49.4 Å². The maximum Gasteiger partial charge on any atom is 0.218 e. The minimum absolute atomic E-state index is 0. The molecule has 114 valence electrons. The normalized spacial score (nSPS) is 20.4. The molecule has 2 rings (SSSR count). The summed E-state index contributed by atoms with van der Waals surface area (Å²) < 4.78 is 39.0. The third-order valence-electron chi connectivity index (χ3n) is 3.06. The predicted octanol–water partition coefficient (Wildman–Crippen LogP) is 2.02. The fraction of sp³-hybridized carbons (Fsp3) is 0.500. The molecule has 1 aromatic rings. The van der Waals surface area contributed by atoms with Crippen molar-refractivity contribution in [2.45, 2.75) is 18.7 Å². The molecule has 0 spiro atoms. The van der Waals surface area contributed by atoms with Gasteiger partial charge in [0.1, 0.15) is 5.82 Å². The molecule has 0 aromatic heterocycles. The molecule has 0 bridgehead atoms. The lowest BCUT2D eigenvalue weighted by Gasteiger charge is -2.31. The zero-order chi connectivity index (χ0) is 14.0. The lowest BCUT2D eigenvalue weighted by atomic mass is 10.2. The van der Waals surface area contributed by atoms with E-state index in [0.29, 0.717) is 25.2 Å². The monoisotopic (exact) mass is 342 g/mol. The van der Waals surface area contributed by atoms with E-state index in [2.05, 4.69) is 5.32 Å². The van der Waals surface area contributed by atoms with Crippen molar-refractivity contribution >= 4 is 34.0 Å². The first-order valence-electron chi connectivity index (χ1n) is 6.03. The van der Waals surface area contributed by atoms with Crippen molar-refractivity contribution in [2.75, 3.05) is 19.6 Å². The number of halogens is 3. The summed E-state index contributed by atoms with van der Waals surface area (Å²) in [6.07, 6.45) is 0. The van der Waals surface area contributed by atoms with Gasteiger partial charge in [-0.05, 0) is 24.6 Å². The van der Waals surface area contributed by atoms with Gasteiger partial charge in [-0.2, -0.15) is 4.31 Å². The van der Waals surface area contributed by atoms with Crippen LogP contribution in [0, 0.1) is 5.82 Å². The standard InChI is InChI=1S/C12H16ClFN2O2S.ClH/c1-9-7-16(5-4-15-9)19(17,18)8-10-2-3-12(14)11(13)6-10;/h2-3,6,9,15H,4-5,7-8H2,1H3;1H/t9-;/m1./s1. The van der Waals surface area contributed by atoms with E-state index in [0.717, 1.165) is 0 Å². The summed E-state index contributed by atoms with van der Waals surface area (Å²) in [7, 11) is -3.39. The van der Waals surface area contributed by atoms with E-state index in [4.69, 9.17) is 11.6 Å². The molecule has 0 radical (unpaired) electrons. The van der Waals surface area contributed by atoms with Crippen molar-refractivity contribution in [1.29, 1.82) is 0 Å². The van der Waals surface area contributed by atoms with Gasteiger partial charge in [-0.15, -0.1) is 12.4 Å². The number of hydrogen-bond donors (Lipinski definition) is 1. The molecule has 4 nitrogen and oxygen atoms in total. The molecule has 20 heavy (non-hydrogen) atoms. The molecule has 1 fully saturated rings. The van der Waals surface area contributed by atoms with Crippen molar-refractivity contribution in [1.82, 2.24) is 9.62 Å². The lowest BCUT2D eigenvalue weighted by molar-refractivity contribution is 0.310. The zero-order valence-corrected chi connectivity index (χ0v) is 13.4. The Morgan fingerprint density at radius 1 is 1.50 bits per heavy atom. The van der Waals surface area contributed by atoms with Crippen LogP contribution in [0.25, 0.3) is 0 Å². The molecule has 0 aliphatic carbocycles. The summed E-state index contributed by atoms with van der Waals surface area (Å²) in [4.78, 5) is 0. The smallest absolute Gasteiger partial charge is 0.218 e. The highest BCUT2D eigenvalue weighted by Crippen LogP contribution is 2.19. The summed E-state index contributed by atoms with van der Waals surface area (Å²) in [6.45, 7) is 3.50. The Kier molecular flexibility index (Phi) is 6.22. The van der Waals surface area contributed by atoms with Crippen molar-refractivity contribution in [2.24, 2.45) is 0 Å². The molecule has 8 heteroatoms. The number of sulfonamides is 1. The van der Waals surface area contributed by atoms with Crippen LogP contribution in [-0.4, -0.2) is 38.4 Å². The first-order chi connectivity index (χ1) is 8.88. The van der Waals surface area contributed by atoms with E-state index in [-0.39, 0.29) is 29.2 Å².